The van der Waals surface area contributed by atoms with Gasteiger partial charge in [-0.25, -0.2) is 4.68 Å². The van der Waals surface area contributed by atoms with Crippen molar-refractivity contribution in [2.24, 2.45) is 0 Å². The molecule has 2 aromatic heterocycles. The van der Waals surface area contributed by atoms with Crippen molar-refractivity contribution in [2.75, 3.05) is 13.1 Å². The van der Waals surface area contributed by atoms with Gasteiger partial charge in [-0.2, -0.15) is 5.10 Å². The number of amides is 1. The predicted octanol–water partition coefficient (Wildman–Crippen LogP) is 4.35. The lowest BCUT2D eigenvalue weighted by molar-refractivity contribution is -0.125. The molecule has 5 heteroatoms. The van der Waals surface area contributed by atoms with Crippen LogP contribution in [0, 0.1) is 0 Å². The fourth-order valence-electron chi connectivity index (χ4n) is 3.51. The highest BCUT2D eigenvalue weighted by Crippen LogP contribution is 2.24. The van der Waals surface area contributed by atoms with Crippen LogP contribution in [0.4, 0.5) is 0 Å². The molecule has 1 fully saturated rings. The van der Waals surface area contributed by atoms with E-state index < -0.39 is 0 Å². The molecule has 3 heterocycles. The van der Waals surface area contributed by atoms with Crippen LogP contribution in [-0.4, -0.2) is 38.7 Å². The quantitative estimate of drug-likeness (QED) is 0.640. The summed E-state index contributed by atoms with van der Waals surface area (Å²) in [6, 6.07) is 13.9. The Balaban J connectivity index is 1.65. The molecule has 3 aromatic rings. The monoisotopic (exact) mass is 372 g/mol. The Morgan fingerprint density at radius 3 is 2.46 bits per heavy atom. The van der Waals surface area contributed by atoms with Gasteiger partial charge in [0.1, 0.15) is 5.69 Å². The Labute approximate surface area is 165 Å². The van der Waals surface area contributed by atoms with E-state index in [1.54, 1.807) is 18.5 Å². The Morgan fingerprint density at radius 2 is 1.75 bits per heavy atom. The van der Waals surface area contributed by atoms with Crippen molar-refractivity contribution in [3.05, 3.63) is 72.7 Å². The highest BCUT2D eigenvalue weighted by Gasteiger charge is 2.14. The first-order chi connectivity index (χ1) is 13.8. The molecular formula is C23H24N4O. The van der Waals surface area contributed by atoms with Gasteiger partial charge in [0.05, 0.1) is 5.69 Å². The maximum atomic E-state index is 12.6. The van der Waals surface area contributed by atoms with Gasteiger partial charge >= 0.3 is 0 Å². The molecule has 1 saturated heterocycles. The van der Waals surface area contributed by atoms with E-state index in [4.69, 9.17) is 5.10 Å². The van der Waals surface area contributed by atoms with Crippen LogP contribution in [0.1, 0.15) is 31.2 Å². The number of nitrogens with zero attached hydrogens (tertiary/aromatic N) is 4. The molecule has 1 aromatic carbocycles. The van der Waals surface area contributed by atoms with Crippen LogP contribution >= 0.6 is 0 Å². The summed E-state index contributed by atoms with van der Waals surface area (Å²) in [7, 11) is 0. The molecule has 0 radical (unpaired) electrons. The zero-order chi connectivity index (χ0) is 19.2. The van der Waals surface area contributed by atoms with Gasteiger partial charge < -0.3 is 4.90 Å². The minimum Gasteiger partial charge on any atom is -0.339 e. The van der Waals surface area contributed by atoms with Gasteiger partial charge in [-0.3, -0.25) is 9.78 Å². The number of rotatable bonds is 4. The number of para-hydroxylation sites is 1. The molecule has 5 nitrogen and oxygen atoms in total. The van der Waals surface area contributed by atoms with Crippen LogP contribution in [0.25, 0.3) is 23.0 Å². The molecule has 28 heavy (non-hydrogen) atoms. The van der Waals surface area contributed by atoms with Crippen molar-refractivity contribution in [2.45, 2.75) is 25.7 Å². The highest BCUT2D eigenvalue weighted by atomic mass is 16.2. The van der Waals surface area contributed by atoms with Crippen LogP contribution < -0.4 is 0 Å². The van der Waals surface area contributed by atoms with E-state index in [-0.39, 0.29) is 5.91 Å². The van der Waals surface area contributed by atoms with Gasteiger partial charge in [-0.05, 0) is 43.2 Å². The number of carbonyl (C=O) groups is 1. The summed E-state index contributed by atoms with van der Waals surface area (Å²) in [6.45, 7) is 1.70. The molecule has 0 saturated carbocycles. The number of likely N-dealkylation sites (tertiary alicyclic amines) is 1. The van der Waals surface area contributed by atoms with Crippen LogP contribution in [0.2, 0.25) is 0 Å². The van der Waals surface area contributed by atoms with Crippen LogP contribution in [-0.2, 0) is 4.79 Å². The standard InChI is InChI=1S/C23H24N4O/c28-22(26-15-6-1-2-7-16-26)13-12-20-18-27(21-10-4-3-5-11-21)25-23(20)19-9-8-14-24-17-19/h3-5,8-14,17-18H,1-2,6-7,15-16H2/b13-12+. The molecule has 142 valence electrons. The second-order valence-electron chi connectivity index (χ2n) is 7.03. The molecule has 4 rings (SSSR count). The van der Waals surface area contributed by atoms with E-state index in [1.807, 2.05) is 64.3 Å². The minimum atomic E-state index is 0.0755. The summed E-state index contributed by atoms with van der Waals surface area (Å²) < 4.78 is 1.85. The Hall–Kier alpha value is -3.21. The van der Waals surface area contributed by atoms with Gasteiger partial charge in [0.15, 0.2) is 0 Å². The Morgan fingerprint density at radius 1 is 0.964 bits per heavy atom. The first-order valence-electron chi connectivity index (χ1n) is 9.84. The summed E-state index contributed by atoms with van der Waals surface area (Å²) >= 11 is 0. The lowest BCUT2D eigenvalue weighted by atomic mass is 10.1. The van der Waals surface area contributed by atoms with Gasteiger partial charge in [0, 0.05) is 48.9 Å². The first-order valence-corrected chi connectivity index (χ1v) is 9.84. The summed E-state index contributed by atoms with van der Waals surface area (Å²) in [4.78, 5) is 18.8. The molecule has 1 aliphatic rings. The largest absolute Gasteiger partial charge is 0.339 e. The molecule has 1 aliphatic heterocycles. The molecule has 0 N–H and O–H groups in total. The summed E-state index contributed by atoms with van der Waals surface area (Å²) in [6.07, 6.45) is 13.7. The molecule has 0 atom stereocenters. The second kappa shape index (κ2) is 8.65. The van der Waals surface area contributed by atoms with Crippen molar-refractivity contribution < 1.29 is 4.79 Å². The predicted molar refractivity (Wildman–Crippen MR) is 111 cm³/mol. The van der Waals surface area contributed by atoms with Gasteiger partial charge in [-0.1, -0.05) is 31.0 Å². The summed E-state index contributed by atoms with van der Waals surface area (Å²) in [5.74, 6) is 0.0755. The topological polar surface area (TPSA) is 51.0 Å². The summed E-state index contributed by atoms with van der Waals surface area (Å²) in [5, 5.41) is 4.76. The normalized spacial score (nSPS) is 14.9. The van der Waals surface area contributed by atoms with Crippen LogP contribution in [0.15, 0.2) is 67.1 Å². The maximum Gasteiger partial charge on any atom is 0.246 e. The molecular weight excluding hydrogens is 348 g/mol. The second-order valence-corrected chi connectivity index (χ2v) is 7.03. The highest BCUT2D eigenvalue weighted by molar-refractivity contribution is 5.92. The van der Waals surface area contributed by atoms with Gasteiger partial charge in [-0.15, -0.1) is 0 Å². The number of benzene rings is 1. The van der Waals surface area contributed by atoms with Crippen molar-refractivity contribution >= 4 is 12.0 Å². The van der Waals surface area contributed by atoms with E-state index >= 15 is 0 Å². The zero-order valence-electron chi connectivity index (χ0n) is 15.9. The number of pyridine rings is 1. The maximum absolute atomic E-state index is 12.6. The molecule has 0 aliphatic carbocycles. The van der Waals surface area contributed by atoms with E-state index in [2.05, 4.69) is 4.98 Å². The third kappa shape index (κ3) is 4.19. The molecule has 0 unspecified atom stereocenters. The third-order valence-electron chi connectivity index (χ3n) is 5.02. The molecule has 1 amide bonds. The van der Waals surface area contributed by atoms with E-state index in [1.165, 1.54) is 12.8 Å². The van der Waals surface area contributed by atoms with Crippen molar-refractivity contribution in [3.8, 4) is 16.9 Å². The Kier molecular flexibility index (Phi) is 5.61. The molecule has 0 bridgehead atoms. The SMILES string of the molecule is O=C(/C=C/c1cn(-c2ccccc2)nc1-c1cccnc1)N1CCCCCC1. The lowest BCUT2D eigenvalue weighted by Gasteiger charge is -2.17. The minimum absolute atomic E-state index is 0.0755. The van der Waals surface area contributed by atoms with Crippen molar-refractivity contribution in [3.63, 3.8) is 0 Å². The number of hydrogen-bond donors (Lipinski definition) is 0. The third-order valence-corrected chi connectivity index (χ3v) is 5.02. The van der Waals surface area contributed by atoms with Gasteiger partial charge in [0.2, 0.25) is 5.91 Å². The first kappa shape index (κ1) is 18.2. The van der Waals surface area contributed by atoms with Crippen molar-refractivity contribution in [1.29, 1.82) is 0 Å². The average Bonchev–Trinajstić information content (AvgIpc) is 2.99. The van der Waals surface area contributed by atoms with Crippen molar-refractivity contribution in [1.82, 2.24) is 19.7 Å². The smallest absolute Gasteiger partial charge is 0.246 e. The Bertz CT molecular complexity index is 939. The molecule has 0 spiro atoms. The number of aromatic nitrogens is 3. The van der Waals surface area contributed by atoms with E-state index in [0.717, 1.165) is 48.4 Å². The van der Waals surface area contributed by atoms with E-state index in [0.29, 0.717) is 0 Å². The number of carbonyl (C=O) groups excluding carboxylic acids is 1. The number of hydrogen-bond acceptors (Lipinski definition) is 3. The fraction of sp³-hybridized carbons (Fsp3) is 0.261. The zero-order valence-corrected chi connectivity index (χ0v) is 15.9. The van der Waals surface area contributed by atoms with Crippen LogP contribution in [0.3, 0.4) is 0 Å². The van der Waals surface area contributed by atoms with Crippen LogP contribution in [0.5, 0.6) is 0 Å². The lowest BCUT2D eigenvalue weighted by Crippen LogP contribution is -2.30. The average molecular weight is 372 g/mol. The summed E-state index contributed by atoms with van der Waals surface area (Å²) in [5.41, 5.74) is 3.63. The fourth-order valence-corrected chi connectivity index (χ4v) is 3.51. The van der Waals surface area contributed by atoms with E-state index in [9.17, 15) is 4.79 Å². The van der Waals surface area contributed by atoms with Gasteiger partial charge in [0.25, 0.3) is 0 Å².